The minimum Gasteiger partial charge on any atom is -0.462 e. The first kappa shape index (κ1) is 12.4. The summed E-state index contributed by atoms with van der Waals surface area (Å²) in [6.45, 7) is 1.75. The van der Waals surface area contributed by atoms with Gasteiger partial charge in [-0.25, -0.2) is 9.78 Å². The molecular weight excluding hydrogens is 234 g/mol. The summed E-state index contributed by atoms with van der Waals surface area (Å²) < 4.78 is 4.66. The summed E-state index contributed by atoms with van der Waals surface area (Å²) in [5.41, 5.74) is -0.232. The number of hydrogen-bond acceptors (Lipinski definition) is 7. The number of carbonyl (C=O) groups excluding carboxylic acids is 1. The van der Waals surface area contributed by atoms with E-state index < -0.39 is 16.7 Å². The van der Waals surface area contributed by atoms with Gasteiger partial charge in [0.25, 0.3) is 0 Å². The Hall–Kier alpha value is -1.70. The summed E-state index contributed by atoms with van der Waals surface area (Å²) >= 11 is 1.16. The Morgan fingerprint density at radius 1 is 1.69 bits per heavy atom. The van der Waals surface area contributed by atoms with Crippen LogP contribution in [0.25, 0.3) is 0 Å². The van der Waals surface area contributed by atoms with Gasteiger partial charge in [0.2, 0.25) is 0 Å². The highest BCUT2D eigenvalue weighted by atomic mass is 32.2. The fraction of sp³-hybridized carbons (Fsp3) is 0.375. The molecule has 1 aromatic heterocycles. The lowest BCUT2D eigenvalue weighted by Gasteiger charge is -2.01. The van der Waals surface area contributed by atoms with E-state index >= 15 is 0 Å². The van der Waals surface area contributed by atoms with E-state index in [1.165, 1.54) is 0 Å². The van der Waals surface area contributed by atoms with Crippen molar-refractivity contribution in [3.8, 4) is 0 Å². The van der Waals surface area contributed by atoms with Crippen molar-refractivity contribution in [2.24, 2.45) is 0 Å². The zero-order chi connectivity index (χ0) is 12.1. The molecule has 0 N–H and O–H groups in total. The van der Waals surface area contributed by atoms with Crippen LogP contribution in [-0.2, 0) is 4.74 Å². The molecule has 1 rings (SSSR count). The fourth-order valence-electron chi connectivity index (χ4n) is 0.948. The first-order valence-corrected chi connectivity index (χ1v) is 5.55. The molecule has 0 aliphatic heterocycles. The quantitative estimate of drug-likeness (QED) is 0.258. The van der Waals surface area contributed by atoms with E-state index in [1.807, 2.05) is 0 Å². The number of aromatic nitrogens is 2. The molecule has 1 heterocycles. The molecule has 0 saturated carbocycles. The molecule has 86 valence electrons. The van der Waals surface area contributed by atoms with Crippen molar-refractivity contribution in [2.45, 2.75) is 12.1 Å². The van der Waals surface area contributed by atoms with Gasteiger partial charge in [0.1, 0.15) is 0 Å². The zero-order valence-corrected chi connectivity index (χ0v) is 9.48. The molecule has 0 aliphatic carbocycles. The molecule has 0 fully saturated rings. The van der Waals surface area contributed by atoms with Crippen molar-refractivity contribution in [2.75, 3.05) is 12.9 Å². The van der Waals surface area contributed by atoms with Crippen LogP contribution in [0.3, 0.4) is 0 Å². The van der Waals surface area contributed by atoms with Crippen molar-refractivity contribution < 1.29 is 14.5 Å². The number of esters is 1. The number of hydrogen-bond donors (Lipinski definition) is 0. The summed E-state index contributed by atoms with van der Waals surface area (Å²) in [5.74, 6) is -1.32. The largest absolute Gasteiger partial charge is 0.462 e. The van der Waals surface area contributed by atoms with Gasteiger partial charge in [0, 0.05) is 0 Å². The summed E-state index contributed by atoms with van der Waals surface area (Å²) in [6.07, 6.45) is 2.79. The fourth-order valence-corrected chi connectivity index (χ4v) is 1.28. The van der Waals surface area contributed by atoms with Gasteiger partial charge >= 0.3 is 16.9 Å². The highest BCUT2D eigenvalue weighted by Crippen LogP contribution is 2.19. The highest BCUT2D eigenvalue weighted by molar-refractivity contribution is 7.98. The van der Waals surface area contributed by atoms with E-state index in [9.17, 15) is 14.9 Å². The van der Waals surface area contributed by atoms with Gasteiger partial charge in [-0.3, -0.25) is 0 Å². The van der Waals surface area contributed by atoms with Crippen LogP contribution < -0.4 is 0 Å². The minimum absolute atomic E-state index is 0.139. The van der Waals surface area contributed by atoms with Gasteiger partial charge in [-0.2, -0.15) is 0 Å². The third-order valence-corrected chi connectivity index (χ3v) is 2.16. The van der Waals surface area contributed by atoms with Crippen LogP contribution in [-0.4, -0.2) is 33.7 Å². The summed E-state index contributed by atoms with van der Waals surface area (Å²) in [5, 5.41) is 10.9. The van der Waals surface area contributed by atoms with Crippen molar-refractivity contribution in [3.63, 3.8) is 0 Å². The van der Waals surface area contributed by atoms with E-state index in [0.29, 0.717) is 0 Å². The number of ether oxygens (including phenoxy) is 1. The molecule has 0 amide bonds. The first-order valence-electron chi connectivity index (χ1n) is 4.32. The Balaban J connectivity index is 3.17. The predicted molar refractivity (Wildman–Crippen MR) is 56.4 cm³/mol. The van der Waals surface area contributed by atoms with Gasteiger partial charge in [0.05, 0.1) is 12.8 Å². The Labute approximate surface area is 95.4 Å². The van der Waals surface area contributed by atoms with Crippen LogP contribution in [0.15, 0.2) is 11.4 Å². The number of rotatable bonds is 4. The molecule has 0 spiro atoms. The van der Waals surface area contributed by atoms with Crippen LogP contribution in [0.1, 0.15) is 17.3 Å². The molecule has 0 aromatic carbocycles. The van der Waals surface area contributed by atoms with Crippen molar-refractivity contribution in [1.82, 2.24) is 9.97 Å². The molecular formula is C8H9N3O4S. The number of nitrogens with zero attached hydrogens (tertiary/aromatic N) is 3. The molecule has 1 aromatic rings. The molecule has 0 atom stereocenters. The third-order valence-electron chi connectivity index (χ3n) is 1.60. The normalized spacial score (nSPS) is 9.88. The SMILES string of the molecule is CCOC(=O)c1cnc(SC)nc1[N+](=O)[O-]. The highest BCUT2D eigenvalue weighted by Gasteiger charge is 2.24. The molecule has 16 heavy (non-hydrogen) atoms. The Morgan fingerprint density at radius 3 is 2.88 bits per heavy atom. The van der Waals surface area contributed by atoms with Crippen LogP contribution in [0, 0.1) is 10.1 Å². The second-order valence-corrected chi connectivity index (χ2v) is 3.34. The van der Waals surface area contributed by atoms with Crippen LogP contribution in [0.4, 0.5) is 5.82 Å². The number of thioether (sulfide) groups is 1. The monoisotopic (exact) mass is 243 g/mol. The molecule has 0 aliphatic rings. The number of carbonyl (C=O) groups is 1. The van der Waals surface area contributed by atoms with Crippen molar-refractivity contribution in [3.05, 3.63) is 21.9 Å². The summed E-state index contributed by atoms with van der Waals surface area (Å²) in [4.78, 5) is 28.8. The number of nitro groups is 1. The average Bonchev–Trinajstić information content (AvgIpc) is 2.28. The maximum atomic E-state index is 11.4. The smallest absolute Gasteiger partial charge is 0.382 e. The van der Waals surface area contributed by atoms with Crippen molar-refractivity contribution in [1.29, 1.82) is 0 Å². The molecule has 0 saturated heterocycles. The van der Waals surface area contributed by atoms with Crippen molar-refractivity contribution >= 4 is 23.5 Å². The Morgan fingerprint density at radius 2 is 2.38 bits per heavy atom. The van der Waals surface area contributed by atoms with Crippen LogP contribution >= 0.6 is 11.8 Å². The molecule has 0 radical (unpaired) electrons. The average molecular weight is 243 g/mol. The molecule has 0 bridgehead atoms. The van der Waals surface area contributed by atoms with Crippen LogP contribution in [0.5, 0.6) is 0 Å². The lowest BCUT2D eigenvalue weighted by atomic mass is 10.3. The Kier molecular flexibility index (Phi) is 4.18. The summed E-state index contributed by atoms with van der Waals surface area (Å²) in [7, 11) is 0. The summed E-state index contributed by atoms with van der Waals surface area (Å²) in [6, 6.07) is 0. The third kappa shape index (κ3) is 2.66. The van der Waals surface area contributed by atoms with E-state index in [4.69, 9.17) is 0 Å². The maximum Gasteiger partial charge on any atom is 0.382 e. The van der Waals surface area contributed by atoms with Crippen LogP contribution in [0.2, 0.25) is 0 Å². The first-order chi connectivity index (χ1) is 7.60. The van der Waals surface area contributed by atoms with E-state index in [2.05, 4.69) is 14.7 Å². The molecule has 0 unspecified atom stereocenters. The second-order valence-electron chi connectivity index (χ2n) is 2.57. The molecule has 8 heteroatoms. The van der Waals surface area contributed by atoms with E-state index in [0.717, 1.165) is 18.0 Å². The van der Waals surface area contributed by atoms with Gasteiger partial charge in [-0.15, -0.1) is 0 Å². The topological polar surface area (TPSA) is 95.2 Å². The molecule has 7 nitrogen and oxygen atoms in total. The minimum atomic E-state index is -0.790. The second kappa shape index (κ2) is 5.40. The standard InChI is InChI=1S/C8H9N3O4S/c1-3-15-7(12)5-4-9-8(16-2)10-6(5)11(13)14/h4H,3H2,1-2H3. The lowest BCUT2D eigenvalue weighted by Crippen LogP contribution is -2.10. The lowest BCUT2D eigenvalue weighted by molar-refractivity contribution is -0.390. The van der Waals surface area contributed by atoms with Gasteiger partial charge < -0.3 is 14.9 Å². The Bertz CT molecular complexity index is 424. The van der Waals surface area contributed by atoms with E-state index in [1.54, 1.807) is 13.2 Å². The van der Waals surface area contributed by atoms with Gasteiger partial charge in [0.15, 0.2) is 5.56 Å². The van der Waals surface area contributed by atoms with Gasteiger partial charge in [-0.1, -0.05) is 11.8 Å². The predicted octanol–water partition coefficient (Wildman–Crippen LogP) is 1.28. The zero-order valence-electron chi connectivity index (χ0n) is 8.67. The maximum absolute atomic E-state index is 11.4. The van der Waals surface area contributed by atoms with Gasteiger partial charge in [-0.05, 0) is 23.1 Å². The van der Waals surface area contributed by atoms with E-state index in [-0.39, 0.29) is 17.3 Å².